The van der Waals surface area contributed by atoms with Crippen molar-refractivity contribution in [3.8, 4) is 0 Å². The van der Waals surface area contributed by atoms with Gasteiger partial charge in [0.15, 0.2) is 0 Å². The van der Waals surface area contributed by atoms with Crippen LogP contribution in [0.15, 0.2) is 36.4 Å². The average Bonchev–Trinajstić information content (AvgIpc) is 3.42. The van der Waals surface area contributed by atoms with Crippen LogP contribution in [0, 0.1) is 33.6 Å². The first-order valence-corrected chi connectivity index (χ1v) is 22.0. The number of unbranched alkanes of at least 4 members (excludes halogenated alkanes) is 2. The molecule has 0 nitrogen and oxygen atoms in total. The smallest absolute Gasteiger partial charge is 0.0450 e. The van der Waals surface area contributed by atoms with E-state index in [4.69, 9.17) is 0 Å². The normalized spacial score (nSPS) is 19.0. The predicted molar refractivity (Wildman–Crippen MR) is 172 cm³/mol. The van der Waals surface area contributed by atoms with Gasteiger partial charge in [0.2, 0.25) is 0 Å². The Morgan fingerprint density at radius 2 is 1.13 bits per heavy atom. The monoisotopic (exact) mass is 573 g/mol. The average molecular weight is 574 g/mol. The van der Waals surface area contributed by atoms with E-state index >= 15 is 0 Å². The Hall–Kier alpha value is -0.776. The molecule has 3 heteroatoms. The molecule has 2 aromatic rings. The Bertz CT molecular complexity index is 1180. The van der Waals surface area contributed by atoms with Crippen molar-refractivity contribution in [2.75, 3.05) is 0 Å². The van der Waals surface area contributed by atoms with Gasteiger partial charge < -0.3 is 0 Å². The molecule has 2 aliphatic carbocycles. The molecular weight excluding hydrogens is 522 g/mol. The van der Waals surface area contributed by atoms with Gasteiger partial charge in [-0.1, -0.05) is 107 Å². The summed E-state index contributed by atoms with van der Waals surface area (Å²) in [5, 5.41) is 0.927. The van der Waals surface area contributed by atoms with Crippen LogP contribution < -0.4 is 0 Å². The van der Waals surface area contributed by atoms with E-state index in [-0.39, 0.29) is 25.8 Å². The Kier molecular flexibility index (Phi) is 10.4. The van der Waals surface area contributed by atoms with Gasteiger partial charge in [0.1, 0.15) is 0 Å². The number of fused-ring (bicyclic) bond motifs is 2. The SMILES string of the molecule is Cc1ccc(C)c2c1C=CC2CCCCCC(C1C=Cc2c(C)ccc(C)c21)C([Si](C)(C)C)[Si](C)(C)C.[Sc]. The van der Waals surface area contributed by atoms with E-state index in [1.165, 1.54) is 65.5 Å². The zero-order chi connectivity index (χ0) is 27.1. The maximum Gasteiger partial charge on any atom is 0.0450 e. The van der Waals surface area contributed by atoms with Gasteiger partial charge in [-0.2, -0.15) is 0 Å². The fourth-order valence-electron chi connectivity index (χ4n) is 8.35. The third-order valence-electron chi connectivity index (χ3n) is 9.42. The summed E-state index contributed by atoms with van der Waals surface area (Å²) in [6.07, 6.45) is 16.7. The molecule has 2 aliphatic rings. The maximum absolute atomic E-state index is 2.65. The van der Waals surface area contributed by atoms with E-state index in [9.17, 15) is 0 Å². The summed E-state index contributed by atoms with van der Waals surface area (Å²) in [5.74, 6) is 2.01. The van der Waals surface area contributed by atoms with Crippen molar-refractivity contribution in [2.24, 2.45) is 5.92 Å². The molecule has 1 radical (unpaired) electrons. The van der Waals surface area contributed by atoms with Crippen LogP contribution in [0.4, 0.5) is 0 Å². The topological polar surface area (TPSA) is 0 Å². The molecule has 0 aliphatic heterocycles. The summed E-state index contributed by atoms with van der Waals surface area (Å²) >= 11 is 0. The molecule has 3 unspecified atom stereocenters. The molecule has 0 saturated heterocycles. The molecule has 4 rings (SSSR count). The van der Waals surface area contributed by atoms with Gasteiger partial charge in [0.25, 0.3) is 0 Å². The second-order valence-corrected chi connectivity index (χ2v) is 25.7. The molecule has 0 amide bonds. The zero-order valence-electron chi connectivity index (χ0n) is 26.0. The van der Waals surface area contributed by atoms with Gasteiger partial charge in [-0.25, -0.2) is 0 Å². The summed E-state index contributed by atoms with van der Waals surface area (Å²) in [4.78, 5) is 0. The van der Waals surface area contributed by atoms with Gasteiger partial charge in [-0.3, -0.25) is 0 Å². The van der Waals surface area contributed by atoms with Crippen molar-refractivity contribution >= 4 is 28.3 Å². The number of aryl methyl sites for hydroxylation is 4. The second kappa shape index (κ2) is 12.4. The van der Waals surface area contributed by atoms with Crippen molar-refractivity contribution in [1.29, 1.82) is 0 Å². The largest absolute Gasteiger partial charge is 0.0764 e. The van der Waals surface area contributed by atoms with Crippen molar-refractivity contribution in [3.05, 3.63) is 80.9 Å². The molecular formula is C35H52ScSi2. The van der Waals surface area contributed by atoms with Crippen LogP contribution in [0.1, 0.15) is 88.4 Å². The van der Waals surface area contributed by atoms with Crippen LogP contribution in [-0.4, -0.2) is 16.1 Å². The van der Waals surface area contributed by atoms with Crippen molar-refractivity contribution in [3.63, 3.8) is 0 Å². The molecule has 0 bridgehead atoms. The Balaban J connectivity index is 0.00000400. The number of rotatable bonds is 10. The van der Waals surface area contributed by atoms with Crippen LogP contribution in [0.3, 0.4) is 0 Å². The van der Waals surface area contributed by atoms with Gasteiger partial charge in [0.05, 0.1) is 0 Å². The van der Waals surface area contributed by atoms with E-state index in [0.717, 1.165) is 11.1 Å². The van der Waals surface area contributed by atoms with Crippen LogP contribution in [0.5, 0.6) is 0 Å². The Morgan fingerprint density at radius 3 is 1.71 bits per heavy atom. The third-order valence-corrected chi connectivity index (χ3v) is 19.2. The summed E-state index contributed by atoms with van der Waals surface area (Å²) in [6, 6.07) is 9.30. The summed E-state index contributed by atoms with van der Waals surface area (Å²) < 4.78 is 0. The quantitative estimate of drug-likeness (QED) is 0.196. The minimum atomic E-state index is -1.33. The molecule has 0 heterocycles. The molecule has 2 aromatic carbocycles. The molecule has 0 N–H and O–H groups in total. The van der Waals surface area contributed by atoms with Crippen LogP contribution in [-0.2, 0) is 25.8 Å². The standard InChI is InChI=1S/C35H52Si2.Sc/c1-24-16-18-26(3)33-28(20-21-29(24)33)14-12-11-13-15-32(35(36(5,6)7)37(8,9)10)31-23-22-30-25(2)17-19-27(4)34(30)31;/h16-23,28,31-32,35H,11-15H2,1-10H3;. The number of benzene rings is 2. The maximum atomic E-state index is 2.65. The van der Waals surface area contributed by atoms with Crippen molar-refractivity contribution < 1.29 is 25.8 Å². The summed E-state index contributed by atoms with van der Waals surface area (Å²) in [5.41, 5.74) is 12.1. The van der Waals surface area contributed by atoms with Gasteiger partial charge in [-0.05, 0) is 96.1 Å². The summed E-state index contributed by atoms with van der Waals surface area (Å²) in [7, 11) is -2.65. The first-order chi connectivity index (χ1) is 17.3. The van der Waals surface area contributed by atoms with Gasteiger partial charge >= 0.3 is 0 Å². The van der Waals surface area contributed by atoms with E-state index in [2.05, 4.69) is 116 Å². The van der Waals surface area contributed by atoms with E-state index < -0.39 is 16.1 Å². The number of hydrogen-bond donors (Lipinski definition) is 0. The fraction of sp³-hybridized carbons (Fsp3) is 0.543. The van der Waals surface area contributed by atoms with Crippen molar-refractivity contribution in [1.82, 2.24) is 0 Å². The van der Waals surface area contributed by atoms with E-state index in [1.807, 2.05) is 0 Å². The fourth-order valence-corrected chi connectivity index (χ4v) is 22.1. The van der Waals surface area contributed by atoms with Gasteiger partial charge in [-0.15, -0.1) is 0 Å². The molecule has 38 heavy (non-hydrogen) atoms. The summed E-state index contributed by atoms with van der Waals surface area (Å²) in [6.45, 7) is 25.1. The van der Waals surface area contributed by atoms with Crippen LogP contribution in [0.25, 0.3) is 12.2 Å². The minimum Gasteiger partial charge on any atom is -0.0764 e. The molecule has 0 saturated carbocycles. The first-order valence-electron chi connectivity index (χ1n) is 14.9. The van der Waals surface area contributed by atoms with E-state index in [1.54, 1.807) is 11.1 Å². The number of hydrogen-bond acceptors (Lipinski definition) is 0. The second-order valence-electron chi connectivity index (χ2n) is 14.4. The van der Waals surface area contributed by atoms with E-state index in [0.29, 0.717) is 11.8 Å². The number of allylic oxidation sites excluding steroid dienone is 2. The molecule has 203 valence electrons. The molecule has 0 aromatic heterocycles. The Morgan fingerprint density at radius 1 is 0.632 bits per heavy atom. The molecule has 0 spiro atoms. The predicted octanol–water partition coefficient (Wildman–Crippen LogP) is 11.0. The minimum absolute atomic E-state index is 0. The molecule has 0 fully saturated rings. The van der Waals surface area contributed by atoms with Crippen LogP contribution in [0.2, 0.25) is 44.4 Å². The first kappa shape index (κ1) is 31.7. The van der Waals surface area contributed by atoms with Crippen LogP contribution >= 0.6 is 0 Å². The van der Waals surface area contributed by atoms with Gasteiger partial charge in [0, 0.05) is 53.8 Å². The Labute approximate surface area is 255 Å². The third kappa shape index (κ3) is 6.57. The molecule has 3 atom stereocenters. The van der Waals surface area contributed by atoms with Crippen molar-refractivity contribution in [2.45, 2.75) is 116 Å². The zero-order valence-corrected chi connectivity index (χ0v) is 29.8.